The van der Waals surface area contributed by atoms with Crippen LogP contribution >= 0.6 is 11.6 Å². The largest absolute Gasteiger partial charge is 0.387 e. The van der Waals surface area contributed by atoms with Crippen LogP contribution in [0.5, 0.6) is 0 Å². The summed E-state index contributed by atoms with van der Waals surface area (Å²) in [7, 11) is 4.10. The van der Waals surface area contributed by atoms with Gasteiger partial charge in [-0.3, -0.25) is 0 Å². The first-order chi connectivity index (χ1) is 8.34. The SMILES string of the molecule is CN(C)C(C)(C)CNCC(O)c1ccccc1Cl. The van der Waals surface area contributed by atoms with Gasteiger partial charge in [-0.2, -0.15) is 0 Å². The second-order valence-corrected chi connectivity index (χ2v) is 5.78. The summed E-state index contributed by atoms with van der Waals surface area (Å²) >= 11 is 6.04. The monoisotopic (exact) mass is 270 g/mol. The van der Waals surface area contributed by atoms with E-state index in [0.29, 0.717) is 11.6 Å². The zero-order chi connectivity index (χ0) is 13.8. The summed E-state index contributed by atoms with van der Waals surface area (Å²) in [6.07, 6.45) is -0.573. The fourth-order valence-corrected chi connectivity index (χ4v) is 1.79. The Hall–Kier alpha value is -0.610. The van der Waals surface area contributed by atoms with Gasteiger partial charge in [0, 0.05) is 29.2 Å². The van der Waals surface area contributed by atoms with Crippen LogP contribution in [0.1, 0.15) is 25.5 Å². The van der Waals surface area contributed by atoms with Gasteiger partial charge in [0.15, 0.2) is 0 Å². The van der Waals surface area contributed by atoms with Crippen LogP contribution in [0.4, 0.5) is 0 Å². The van der Waals surface area contributed by atoms with Crippen molar-refractivity contribution >= 4 is 11.6 Å². The van der Waals surface area contributed by atoms with Crippen LogP contribution in [0.2, 0.25) is 5.02 Å². The van der Waals surface area contributed by atoms with Gasteiger partial charge in [0.25, 0.3) is 0 Å². The normalized spacial score (nSPS) is 13.9. The predicted octanol–water partition coefficient (Wildman–Crippen LogP) is 2.30. The molecule has 0 heterocycles. The molecule has 4 heteroatoms. The number of benzene rings is 1. The van der Waals surface area contributed by atoms with Crippen molar-refractivity contribution in [1.82, 2.24) is 10.2 Å². The molecule has 0 fully saturated rings. The van der Waals surface area contributed by atoms with Crippen molar-refractivity contribution in [3.63, 3.8) is 0 Å². The van der Waals surface area contributed by atoms with Gasteiger partial charge >= 0.3 is 0 Å². The fraction of sp³-hybridized carbons (Fsp3) is 0.571. The minimum Gasteiger partial charge on any atom is -0.387 e. The number of hydrogen-bond acceptors (Lipinski definition) is 3. The lowest BCUT2D eigenvalue weighted by atomic mass is 10.0. The number of rotatable bonds is 6. The highest BCUT2D eigenvalue weighted by atomic mass is 35.5. The third-order valence-electron chi connectivity index (χ3n) is 3.37. The summed E-state index contributed by atoms with van der Waals surface area (Å²) in [5.74, 6) is 0. The lowest BCUT2D eigenvalue weighted by Crippen LogP contribution is -2.47. The summed E-state index contributed by atoms with van der Waals surface area (Å²) in [5.41, 5.74) is 0.828. The van der Waals surface area contributed by atoms with Crippen LogP contribution in [0.25, 0.3) is 0 Å². The van der Waals surface area contributed by atoms with E-state index in [1.165, 1.54) is 0 Å². The van der Waals surface area contributed by atoms with Crippen molar-refractivity contribution in [2.75, 3.05) is 27.2 Å². The van der Waals surface area contributed by atoms with Gasteiger partial charge in [-0.25, -0.2) is 0 Å². The summed E-state index contributed by atoms with van der Waals surface area (Å²) in [5, 5.41) is 14.0. The highest BCUT2D eigenvalue weighted by Gasteiger charge is 2.20. The third kappa shape index (κ3) is 4.25. The van der Waals surface area contributed by atoms with Crippen molar-refractivity contribution in [3.8, 4) is 0 Å². The molecule has 0 radical (unpaired) electrons. The molecule has 1 aromatic carbocycles. The van der Waals surface area contributed by atoms with E-state index in [1.54, 1.807) is 6.07 Å². The Morgan fingerprint density at radius 1 is 1.33 bits per heavy atom. The van der Waals surface area contributed by atoms with Gasteiger partial charge in [-0.15, -0.1) is 0 Å². The Bertz CT molecular complexity index is 380. The van der Waals surface area contributed by atoms with Gasteiger partial charge in [-0.1, -0.05) is 29.8 Å². The number of nitrogens with zero attached hydrogens (tertiary/aromatic N) is 1. The molecule has 1 rings (SSSR count). The second kappa shape index (κ2) is 6.53. The quantitative estimate of drug-likeness (QED) is 0.833. The first-order valence-electron chi connectivity index (χ1n) is 6.15. The van der Waals surface area contributed by atoms with Crippen LogP contribution in [-0.4, -0.2) is 42.7 Å². The Balaban J connectivity index is 2.48. The summed E-state index contributed by atoms with van der Waals surface area (Å²) < 4.78 is 0. The van der Waals surface area contributed by atoms with E-state index in [1.807, 2.05) is 32.3 Å². The first kappa shape index (κ1) is 15.4. The molecule has 0 aliphatic rings. The molecule has 0 aromatic heterocycles. The lowest BCUT2D eigenvalue weighted by molar-refractivity contribution is 0.152. The standard InChI is InChI=1S/C14H23ClN2O/c1-14(2,17(3)4)10-16-9-13(18)11-7-5-6-8-12(11)15/h5-8,13,16,18H,9-10H2,1-4H3. The molecule has 3 nitrogen and oxygen atoms in total. The van der Waals surface area contributed by atoms with Crippen LogP contribution in [0.3, 0.4) is 0 Å². The molecule has 0 saturated heterocycles. The van der Waals surface area contributed by atoms with E-state index in [9.17, 15) is 5.11 Å². The minimum absolute atomic E-state index is 0.0558. The van der Waals surface area contributed by atoms with Gasteiger partial charge < -0.3 is 15.3 Å². The first-order valence-corrected chi connectivity index (χ1v) is 6.53. The molecule has 102 valence electrons. The van der Waals surface area contributed by atoms with Gasteiger partial charge in [0.05, 0.1) is 6.10 Å². The molecule has 18 heavy (non-hydrogen) atoms. The summed E-state index contributed by atoms with van der Waals surface area (Å²) in [4.78, 5) is 2.15. The van der Waals surface area contributed by atoms with Gasteiger partial charge in [0.1, 0.15) is 0 Å². The average Bonchev–Trinajstić information content (AvgIpc) is 2.29. The fourth-order valence-electron chi connectivity index (χ4n) is 1.53. The maximum Gasteiger partial charge on any atom is 0.0928 e. The third-order valence-corrected chi connectivity index (χ3v) is 3.71. The van der Waals surface area contributed by atoms with E-state index < -0.39 is 6.10 Å². The smallest absolute Gasteiger partial charge is 0.0928 e. The molecule has 1 aromatic rings. The predicted molar refractivity (Wildman–Crippen MR) is 77.0 cm³/mol. The Morgan fingerprint density at radius 2 is 1.94 bits per heavy atom. The number of halogens is 1. The highest BCUT2D eigenvalue weighted by Crippen LogP contribution is 2.22. The van der Waals surface area contributed by atoms with Crippen molar-refractivity contribution in [2.45, 2.75) is 25.5 Å². The van der Waals surface area contributed by atoms with E-state index in [-0.39, 0.29) is 5.54 Å². The van der Waals surface area contributed by atoms with Crippen molar-refractivity contribution < 1.29 is 5.11 Å². The number of aliphatic hydroxyl groups is 1. The van der Waals surface area contributed by atoms with Crippen molar-refractivity contribution in [1.29, 1.82) is 0 Å². The molecule has 2 N–H and O–H groups in total. The molecule has 0 saturated carbocycles. The summed E-state index contributed by atoms with van der Waals surface area (Å²) in [6.45, 7) is 5.62. The van der Waals surface area contributed by atoms with E-state index in [4.69, 9.17) is 11.6 Å². The zero-order valence-corrected chi connectivity index (χ0v) is 12.3. The van der Waals surface area contributed by atoms with Crippen LogP contribution < -0.4 is 5.32 Å². The molecular weight excluding hydrogens is 248 g/mol. The van der Waals surface area contributed by atoms with Crippen LogP contribution in [0, 0.1) is 0 Å². The van der Waals surface area contributed by atoms with E-state index >= 15 is 0 Å². The van der Waals surface area contributed by atoms with Crippen molar-refractivity contribution in [2.24, 2.45) is 0 Å². The van der Waals surface area contributed by atoms with Crippen LogP contribution in [0.15, 0.2) is 24.3 Å². The lowest BCUT2D eigenvalue weighted by Gasteiger charge is -2.33. The Morgan fingerprint density at radius 3 is 2.50 bits per heavy atom. The Kier molecular flexibility index (Phi) is 5.60. The molecular formula is C14H23ClN2O. The Labute approximate surface area is 115 Å². The molecule has 0 spiro atoms. The molecule has 0 amide bonds. The van der Waals surface area contributed by atoms with Crippen molar-refractivity contribution in [3.05, 3.63) is 34.9 Å². The molecule has 0 aliphatic heterocycles. The molecule has 0 bridgehead atoms. The number of hydrogen-bond donors (Lipinski definition) is 2. The van der Waals surface area contributed by atoms with Crippen LogP contribution in [-0.2, 0) is 0 Å². The maximum atomic E-state index is 10.1. The molecule has 1 atom stereocenters. The molecule has 0 aliphatic carbocycles. The minimum atomic E-state index is -0.573. The summed E-state index contributed by atoms with van der Waals surface area (Å²) in [6, 6.07) is 7.39. The topological polar surface area (TPSA) is 35.5 Å². The van der Waals surface area contributed by atoms with E-state index in [2.05, 4.69) is 24.1 Å². The van der Waals surface area contributed by atoms with Gasteiger partial charge in [0.2, 0.25) is 0 Å². The maximum absolute atomic E-state index is 10.1. The van der Waals surface area contributed by atoms with Gasteiger partial charge in [-0.05, 0) is 34.0 Å². The van der Waals surface area contributed by atoms with E-state index in [0.717, 1.165) is 12.1 Å². The molecule has 1 unspecified atom stereocenters. The average molecular weight is 271 g/mol. The second-order valence-electron chi connectivity index (χ2n) is 5.38. The number of aliphatic hydroxyl groups excluding tert-OH is 1. The number of likely N-dealkylation sites (N-methyl/N-ethyl adjacent to an activating group) is 1. The number of nitrogens with one attached hydrogen (secondary N) is 1. The zero-order valence-electron chi connectivity index (χ0n) is 11.6. The highest BCUT2D eigenvalue weighted by molar-refractivity contribution is 6.31.